The SMILES string of the molecule is CCC(CC)(CC)CNCc1cccc(O)c1Br. The molecule has 0 aliphatic carbocycles. The average molecular weight is 314 g/mol. The summed E-state index contributed by atoms with van der Waals surface area (Å²) in [6, 6.07) is 5.61. The molecule has 2 N–H and O–H groups in total. The van der Waals surface area contributed by atoms with E-state index >= 15 is 0 Å². The van der Waals surface area contributed by atoms with Crippen LogP contribution in [0.2, 0.25) is 0 Å². The fourth-order valence-electron chi connectivity index (χ4n) is 2.29. The minimum absolute atomic E-state index is 0.307. The Bertz CT molecular complexity index is 366. The van der Waals surface area contributed by atoms with Crippen molar-refractivity contribution in [2.24, 2.45) is 5.41 Å². The summed E-state index contributed by atoms with van der Waals surface area (Å²) in [5.74, 6) is 0.307. The number of phenolic OH excluding ortho intramolecular Hbond substituents is 1. The second-order valence-electron chi connectivity index (χ2n) is 4.91. The summed E-state index contributed by atoms with van der Waals surface area (Å²) in [7, 11) is 0. The molecule has 1 aromatic rings. The summed E-state index contributed by atoms with van der Waals surface area (Å²) in [6.07, 6.45) is 3.61. The van der Waals surface area contributed by atoms with E-state index in [4.69, 9.17) is 0 Å². The van der Waals surface area contributed by atoms with E-state index < -0.39 is 0 Å². The van der Waals surface area contributed by atoms with Crippen LogP contribution in [-0.4, -0.2) is 11.7 Å². The lowest BCUT2D eigenvalue weighted by Crippen LogP contribution is -2.32. The highest BCUT2D eigenvalue weighted by Crippen LogP contribution is 2.30. The number of halogens is 1. The third-order valence-corrected chi connectivity index (χ3v) is 5.04. The van der Waals surface area contributed by atoms with Gasteiger partial charge >= 0.3 is 0 Å². The second kappa shape index (κ2) is 7.15. The van der Waals surface area contributed by atoms with Crippen LogP contribution >= 0.6 is 15.9 Å². The number of hydrogen-bond donors (Lipinski definition) is 2. The van der Waals surface area contributed by atoms with Crippen LogP contribution < -0.4 is 5.32 Å². The highest BCUT2D eigenvalue weighted by Gasteiger charge is 2.23. The van der Waals surface area contributed by atoms with Crippen LogP contribution in [0.5, 0.6) is 5.75 Å². The Morgan fingerprint density at radius 1 is 1.17 bits per heavy atom. The smallest absolute Gasteiger partial charge is 0.130 e. The lowest BCUT2D eigenvalue weighted by atomic mass is 9.80. The van der Waals surface area contributed by atoms with E-state index in [1.165, 1.54) is 19.3 Å². The van der Waals surface area contributed by atoms with Gasteiger partial charge in [-0.2, -0.15) is 0 Å². The van der Waals surface area contributed by atoms with Crippen molar-refractivity contribution in [3.8, 4) is 5.75 Å². The number of nitrogens with one attached hydrogen (secondary N) is 1. The van der Waals surface area contributed by atoms with Gasteiger partial charge in [0, 0.05) is 13.1 Å². The molecule has 0 saturated heterocycles. The summed E-state index contributed by atoms with van der Waals surface area (Å²) in [5.41, 5.74) is 1.51. The molecule has 0 aromatic heterocycles. The van der Waals surface area contributed by atoms with Gasteiger partial charge < -0.3 is 10.4 Å². The molecule has 0 unspecified atom stereocenters. The second-order valence-corrected chi connectivity index (χ2v) is 5.71. The topological polar surface area (TPSA) is 32.3 Å². The van der Waals surface area contributed by atoms with Gasteiger partial charge in [0.2, 0.25) is 0 Å². The van der Waals surface area contributed by atoms with E-state index in [1.54, 1.807) is 6.07 Å². The molecular formula is C15H24BrNO. The first-order valence-electron chi connectivity index (χ1n) is 6.75. The fourth-order valence-corrected chi connectivity index (χ4v) is 2.69. The van der Waals surface area contributed by atoms with Gasteiger partial charge in [0.15, 0.2) is 0 Å². The number of hydrogen-bond acceptors (Lipinski definition) is 2. The fraction of sp³-hybridized carbons (Fsp3) is 0.600. The molecule has 0 spiro atoms. The lowest BCUT2D eigenvalue weighted by molar-refractivity contribution is 0.237. The number of benzene rings is 1. The van der Waals surface area contributed by atoms with Gasteiger partial charge in [-0.3, -0.25) is 0 Å². The van der Waals surface area contributed by atoms with Crippen LogP contribution in [0.15, 0.2) is 22.7 Å². The summed E-state index contributed by atoms with van der Waals surface area (Å²) in [6.45, 7) is 8.60. The van der Waals surface area contributed by atoms with Crippen molar-refractivity contribution in [3.05, 3.63) is 28.2 Å². The summed E-state index contributed by atoms with van der Waals surface area (Å²) in [4.78, 5) is 0. The molecule has 0 atom stereocenters. The number of aromatic hydroxyl groups is 1. The molecule has 0 saturated carbocycles. The van der Waals surface area contributed by atoms with Crippen molar-refractivity contribution >= 4 is 15.9 Å². The summed E-state index contributed by atoms with van der Waals surface area (Å²) >= 11 is 3.42. The first kappa shape index (κ1) is 15.5. The predicted octanol–water partition coefficient (Wildman–Crippen LogP) is 4.46. The van der Waals surface area contributed by atoms with Crippen LogP contribution in [-0.2, 0) is 6.54 Å². The maximum absolute atomic E-state index is 9.62. The summed E-state index contributed by atoms with van der Waals surface area (Å²) in [5, 5.41) is 13.1. The van der Waals surface area contributed by atoms with Crippen molar-refractivity contribution in [1.29, 1.82) is 0 Å². The highest BCUT2D eigenvalue weighted by atomic mass is 79.9. The molecule has 0 aliphatic heterocycles. The molecule has 0 fully saturated rings. The maximum Gasteiger partial charge on any atom is 0.130 e. The van der Waals surface area contributed by atoms with Gasteiger partial charge in [-0.15, -0.1) is 0 Å². The Morgan fingerprint density at radius 3 is 2.33 bits per heavy atom. The Morgan fingerprint density at radius 2 is 1.78 bits per heavy atom. The van der Waals surface area contributed by atoms with Crippen molar-refractivity contribution in [2.45, 2.75) is 46.6 Å². The molecule has 3 heteroatoms. The zero-order valence-corrected chi connectivity index (χ0v) is 13.2. The molecule has 0 heterocycles. The van der Waals surface area contributed by atoms with E-state index in [-0.39, 0.29) is 0 Å². The lowest BCUT2D eigenvalue weighted by Gasteiger charge is -2.30. The quantitative estimate of drug-likeness (QED) is 0.779. The highest BCUT2D eigenvalue weighted by molar-refractivity contribution is 9.10. The van der Waals surface area contributed by atoms with Gasteiger partial charge in [-0.1, -0.05) is 32.9 Å². The maximum atomic E-state index is 9.62. The first-order chi connectivity index (χ1) is 8.58. The van der Waals surface area contributed by atoms with Crippen molar-refractivity contribution in [3.63, 3.8) is 0 Å². The van der Waals surface area contributed by atoms with Gasteiger partial charge in [0.25, 0.3) is 0 Å². The molecule has 1 rings (SSSR count). The van der Waals surface area contributed by atoms with E-state index in [1.807, 2.05) is 12.1 Å². The molecule has 18 heavy (non-hydrogen) atoms. The third-order valence-electron chi connectivity index (χ3n) is 4.12. The molecule has 102 valence electrons. The monoisotopic (exact) mass is 313 g/mol. The van der Waals surface area contributed by atoms with E-state index in [9.17, 15) is 5.11 Å². The standard InChI is InChI=1S/C15H24BrNO/c1-4-15(5-2,6-3)11-17-10-12-8-7-9-13(18)14(12)16/h7-9,17-18H,4-6,10-11H2,1-3H3. The van der Waals surface area contributed by atoms with Crippen LogP contribution in [0.25, 0.3) is 0 Å². The first-order valence-corrected chi connectivity index (χ1v) is 7.55. The normalized spacial score (nSPS) is 11.8. The zero-order chi connectivity index (χ0) is 13.6. The van der Waals surface area contributed by atoms with Crippen LogP contribution in [0.1, 0.15) is 45.6 Å². The van der Waals surface area contributed by atoms with Crippen molar-refractivity contribution in [2.75, 3.05) is 6.54 Å². The van der Waals surface area contributed by atoms with Gasteiger partial charge in [0.1, 0.15) is 5.75 Å². The molecule has 2 nitrogen and oxygen atoms in total. The van der Waals surface area contributed by atoms with E-state index in [2.05, 4.69) is 42.0 Å². The Kier molecular flexibility index (Phi) is 6.16. The average Bonchev–Trinajstić information content (AvgIpc) is 2.40. The summed E-state index contributed by atoms with van der Waals surface area (Å²) < 4.78 is 0.799. The Balaban J connectivity index is 2.58. The van der Waals surface area contributed by atoms with Crippen LogP contribution in [0.4, 0.5) is 0 Å². The Labute approximate surface area is 119 Å². The van der Waals surface area contributed by atoms with Gasteiger partial charge in [0.05, 0.1) is 4.47 Å². The molecule has 0 radical (unpaired) electrons. The van der Waals surface area contributed by atoms with E-state index in [0.717, 1.165) is 23.1 Å². The minimum atomic E-state index is 0.307. The van der Waals surface area contributed by atoms with Crippen molar-refractivity contribution in [1.82, 2.24) is 5.32 Å². The number of phenols is 1. The largest absolute Gasteiger partial charge is 0.507 e. The van der Waals surface area contributed by atoms with Gasteiger partial charge in [-0.05, 0) is 52.2 Å². The van der Waals surface area contributed by atoms with Gasteiger partial charge in [-0.25, -0.2) is 0 Å². The molecule has 0 bridgehead atoms. The molecule has 0 amide bonds. The molecule has 0 aliphatic rings. The van der Waals surface area contributed by atoms with Crippen molar-refractivity contribution < 1.29 is 5.11 Å². The third kappa shape index (κ3) is 3.72. The van der Waals surface area contributed by atoms with Crippen LogP contribution in [0.3, 0.4) is 0 Å². The molecular weight excluding hydrogens is 290 g/mol. The zero-order valence-electron chi connectivity index (χ0n) is 11.6. The Hall–Kier alpha value is -0.540. The predicted molar refractivity (Wildman–Crippen MR) is 80.8 cm³/mol. The number of rotatable bonds is 7. The van der Waals surface area contributed by atoms with Crippen LogP contribution in [0, 0.1) is 5.41 Å². The molecule has 1 aromatic carbocycles. The van der Waals surface area contributed by atoms with E-state index in [0.29, 0.717) is 11.2 Å². The minimum Gasteiger partial charge on any atom is -0.507 e.